The smallest absolute Gasteiger partial charge is 0.237 e. The van der Waals surface area contributed by atoms with Gasteiger partial charge in [-0.3, -0.25) is 4.79 Å². The lowest BCUT2D eigenvalue weighted by Gasteiger charge is -2.26. The van der Waals surface area contributed by atoms with E-state index >= 15 is 0 Å². The summed E-state index contributed by atoms with van der Waals surface area (Å²) in [6.45, 7) is 3.25. The van der Waals surface area contributed by atoms with Crippen LogP contribution in [0, 0.1) is 17.8 Å². The molecule has 0 bridgehead atoms. The third kappa shape index (κ3) is 3.36. The molecule has 1 heterocycles. The highest BCUT2D eigenvalue weighted by molar-refractivity contribution is 5.82. The molecule has 0 radical (unpaired) electrons. The van der Waals surface area contributed by atoms with Crippen molar-refractivity contribution in [1.29, 1.82) is 0 Å². The molecule has 3 unspecified atom stereocenters. The van der Waals surface area contributed by atoms with Gasteiger partial charge in [0, 0.05) is 12.6 Å². The van der Waals surface area contributed by atoms with Gasteiger partial charge in [0.1, 0.15) is 0 Å². The second-order valence-electron chi connectivity index (χ2n) is 7.48. The van der Waals surface area contributed by atoms with Gasteiger partial charge in [-0.2, -0.15) is 0 Å². The molecule has 3 nitrogen and oxygen atoms in total. The first-order valence-electron chi connectivity index (χ1n) is 8.76. The fraction of sp³-hybridized carbons (Fsp3) is 0.941. The van der Waals surface area contributed by atoms with Crippen LogP contribution in [0.5, 0.6) is 0 Å². The van der Waals surface area contributed by atoms with Crippen molar-refractivity contribution in [2.75, 3.05) is 6.54 Å². The monoisotopic (exact) mass is 278 g/mol. The number of hydrogen-bond donors (Lipinski definition) is 2. The highest BCUT2D eigenvalue weighted by Crippen LogP contribution is 2.33. The summed E-state index contributed by atoms with van der Waals surface area (Å²) in [4.78, 5) is 12.3. The van der Waals surface area contributed by atoms with E-state index in [1.54, 1.807) is 0 Å². The van der Waals surface area contributed by atoms with E-state index in [-0.39, 0.29) is 11.9 Å². The second-order valence-corrected chi connectivity index (χ2v) is 7.48. The Morgan fingerprint density at radius 2 is 1.85 bits per heavy atom. The minimum atomic E-state index is 0.0885. The highest BCUT2D eigenvalue weighted by Gasteiger charge is 2.38. The van der Waals surface area contributed by atoms with Crippen LogP contribution in [0.15, 0.2) is 0 Å². The zero-order valence-electron chi connectivity index (χ0n) is 12.9. The molecular formula is C17H30N2O. The van der Waals surface area contributed by atoms with Crippen LogP contribution in [0.25, 0.3) is 0 Å². The van der Waals surface area contributed by atoms with Crippen molar-refractivity contribution >= 4 is 5.91 Å². The summed E-state index contributed by atoms with van der Waals surface area (Å²) >= 11 is 0. The van der Waals surface area contributed by atoms with Crippen LogP contribution in [-0.4, -0.2) is 24.5 Å². The minimum absolute atomic E-state index is 0.0885. The SMILES string of the molecule is CC1CCC(CNC(=O)C2CC3CCCCC3N2)CC1. The lowest BCUT2D eigenvalue weighted by atomic mass is 9.83. The van der Waals surface area contributed by atoms with Gasteiger partial charge in [-0.1, -0.05) is 32.6 Å². The Bertz CT molecular complexity index is 322. The molecule has 2 N–H and O–H groups in total. The van der Waals surface area contributed by atoms with E-state index in [4.69, 9.17) is 0 Å². The molecule has 3 fully saturated rings. The van der Waals surface area contributed by atoms with Crippen LogP contribution in [0.2, 0.25) is 0 Å². The molecule has 1 saturated heterocycles. The van der Waals surface area contributed by atoms with Crippen molar-refractivity contribution in [3.05, 3.63) is 0 Å². The molecule has 0 aromatic heterocycles. The fourth-order valence-corrected chi connectivity index (χ4v) is 4.42. The Kier molecular flexibility index (Phi) is 4.65. The van der Waals surface area contributed by atoms with E-state index in [1.165, 1.54) is 51.4 Å². The summed E-state index contributed by atoms with van der Waals surface area (Å²) in [6.07, 6.45) is 11.6. The quantitative estimate of drug-likeness (QED) is 0.833. The summed E-state index contributed by atoms with van der Waals surface area (Å²) in [5.74, 6) is 2.63. The number of fused-ring (bicyclic) bond motifs is 1. The maximum atomic E-state index is 12.3. The van der Waals surface area contributed by atoms with Crippen LogP contribution in [-0.2, 0) is 4.79 Å². The second kappa shape index (κ2) is 6.46. The maximum absolute atomic E-state index is 12.3. The van der Waals surface area contributed by atoms with E-state index in [0.717, 1.165) is 30.7 Å². The Balaban J connectivity index is 1.41. The van der Waals surface area contributed by atoms with Crippen molar-refractivity contribution in [1.82, 2.24) is 10.6 Å². The summed E-state index contributed by atoms with van der Waals surface area (Å²) in [7, 11) is 0. The van der Waals surface area contributed by atoms with Gasteiger partial charge in [0.2, 0.25) is 5.91 Å². The summed E-state index contributed by atoms with van der Waals surface area (Å²) < 4.78 is 0. The first-order valence-corrected chi connectivity index (χ1v) is 8.76. The fourth-order valence-electron chi connectivity index (χ4n) is 4.42. The van der Waals surface area contributed by atoms with Gasteiger partial charge in [0.05, 0.1) is 6.04 Å². The van der Waals surface area contributed by atoms with Gasteiger partial charge in [0.15, 0.2) is 0 Å². The highest BCUT2D eigenvalue weighted by atomic mass is 16.2. The predicted octanol–water partition coefficient (Wildman–Crippen LogP) is 2.85. The van der Waals surface area contributed by atoms with Crippen molar-refractivity contribution < 1.29 is 4.79 Å². The number of amides is 1. The van der Waals surface area contributed by atoms with Gasteiger partial charge in [-0.15, -0.1) is 0 Å². The van der Waals surface area contributed by atoms with E-state index in [1.807, 2.05) is 0 Å². The standard InChI is InChI=1S/C17H30N2O/c1-12-6-8-13(9-7-12)11-18-17(20)16-10-14-4-2-3-5-15(14)19-16/h12-16,19H,2-11H2,1H3,(H,18,20). The molecule has 2 saturated carbocycles. The summed E-state index contributed by atoms with van der Waals surface area (Å²) in [5.41, 5.74) is 0. The Morgan fingerprint density at radius 3 is 2.60 bits per heavy atom. The first kappa shape index (κ1) is 14.4. The molecule has 0 aromatic carbocycles. The van der Waals surface area contributed by atoms with Gasteiger partial charge < -0.3 is 10.6 Å². The van der Waals surface area contributed by atoms with E-state index in [0.29, 0.717) is 6.04 Å². The number of rotatable bonds is 3. The minimum Gasteiger partial charge on any atom is -0.354 e. The van der Waals surface area contributed by atoms with Crippen LogP contribution < -0.4 is 10.6 Å². The molecule has 0 spiro atoms. The van der Waals surface area contributed by atoms with Crippen molar-refractivity contribution in [3.8, 4) is 0 Å². The Hall–Kier alpha value is -0.570. The van der Waals surface area contributed by atoms with Crippen molar-refractivity contribution in [3.63, 3.8) is 0 Å². The van der Waals surface area contributed by atoms with Crippen LogP contribution in [0.3, 0.4) is 0 Å². The average molecular weight is 278 g/mol. The lowest BCUT2D eigenvalue weighted by Crippen LogP contribution is -2.44. The van der Waals surface area contributed by atoms with Gasteiger partial charge >= 0.3 is 0 Å². The molecule has 3 rings (SSSR count). The molecule has 1 amide bonds. The van der Waals surface area contributed by atoms with Gasteiger partial charge in [0.25, 0.3) is 0 Å². The third-order valence-electron chi connectivity index (χ3n) is 5.88. The maximum Gasteiger partial charge on any atom is 0.237 e. The van der Waals surface area contributed by atoms with Gasteiger partial charge in [-0.25, -0.2) is 0 Å². The predicted molar refractivity (Wildman–Crippen MR) is 81.4 cm³/mol. The zero-order valence-corrected chi connectivity index (χ0v) is 12.9. The van der Waals surface area contributed by atoms with Crippen LogP contribution >= 0.6 is 0 Å². The molecule has 20 heavy (non-hydrogen) atoms. The molecule has 1 aliphatic heterocycles. The molecule has 3 atom stereocenters. The van der Waals surface area contributed by atoms with E-state index in [9.17, 15) is 4.79 Å². The number of nitrogens with one attached hydrogen (secondary N) is 2. The van der Waals surface area contributed by atoms with Crippen LogP contribution in [0.1, 0.15) is 64.7 Å². The Morgan fingerprint density at radius 1 is 1.10 bits per heavy atom. The number of hydrogen-bond acceptors (Lipinski definition) is 2. The molecule has 114 valence electrons. The normalized spacial score (nSPS) is 41.1. The van der Waals surface area contributed by atoms with Crippen molar-refractivity contribution in [2.45, 2.75) is 76.8 Å². The molecule has 2 aliphatic carbocycles. The third-order valence-corrected chi connectivity index (χ3v) is 5.88. The topological polar surface area (TPSA) is 41.1 Å². The largest absolute Gasteiger partial charge is 0.354 e. The molecule has 3 aliphatic rings. The van der Waals surface area contributed by atoms with E-state index < -0.39 is 0 Å². The number of carbonyl (C=O) groups is 1. The molecule has 3 heteroatoms. The number of carbonyl (C=O) groups excluding carboxylic acids is 1. The Labute approximate surface area is 123 Å². The summed E-state index contributed by atoms with van der Waals surface area (Å²) in [6, 6.07) is 0.709. The van der Waals surface area contributed by atoms with E-state index in [2.05, 4.69) is 17.6 Å². The first-order chi connectivity index (χ1) is 9.72. The molecule has 0 aromatic rings. The lowest BCUT2D eigenvalue weighted by molar-refractivity contribution is -0.123. The average Bonchev–Trinajstić information content (AvgIpc) is 2.90. The molecular weight excluding hydrogens is 248 g/mol. The van der Waals surface area contributed by atoms with Gasteiger partial charge in [-0.05, 0) is 49.9 Å². The van der Waals surface area contributed by atoms with Crippen molar-refractivity contribution in [2.24, 2.45) is 17.8 Å². The summed E-state index contributed by atoms with van der Waals surface area (Å²) in [5, 5.41) is 6.79. The zero-order chi connectivity index (χ0) is 13.9. The van der Waals surface area contributed by atoms with Crippen LogP contribution in [0.4, 0.5) is 0 Å².